The zero-order chi connectivity index (χ0) is 14.0. The summed E-state index contributed by atoms with van der Waals surface area (Å²) in [5.41, 5.74) is 3.96. The quantitative estimate of drug-likeness (QED) is 0.454. The fourth-order valence-corrected chi connectivity index (χ4v) is 4.88. The number of nitro benzene ring substituents is 1. The Morgan fingerprint density at radius 2 is 1.63 bits per heavy atom. The normalized spacial score (nSPS) is 10.5. The van der Waals surface area contributed by atoms with E-state index in [0.29, 0.717) is 0 Å². The summed E-state index contributed by atoms with van der Waals surface area (Å²) in [7, 11) is 0. The molecule has 2 aromatic rings. The summed E-state index contributed by atoms with van der Waals surface area (Å²) in [6.45, 7) is 6.25. The second-order valence-corrected chi connectivity index (χ2v) is 7.30. The van der Waals surface area contributed by atoms with Gasteiger partial charge in [0.15, 0.2) is 3.57 Å². The van der Waals surface area contributed by atoms with Crippen LogP contribution in [-0.2, 0) is 0 Å². The van der Waals surface area contributed by atoms with Crippen LogP contribution in [0.15, 0.2) is 36.4 Å². The third kappa shape index (κ3) is 3.12. The van der Waals surface area contributed by atoms with E-state index < -0.39 is 21.2 Å². The lowest BCUT2D eigenvalue weighted by molar-refractivity contribution is -0.606. The van der Waals surface area contributed by atoms with E-state index in [-0.39, 0.29) is 10.6 Å². The Labute approximate surface area is 123 Å². The van der Waals surface area contributed by atoms with Crippen molar-refractivity contribution in [1.29, 1.82) is 0 Å². The van der Waals surface area contributed by atoms with Gasteiger partial charge in [-0.1, -0.05) is 29.8 Å². The summed E-state index contributed by atoms with van der Waals surface area (Å²) in [6.07, 6.45) is 0. The molecule has 2 rings (SSSR count). The van der Waals surface area contributed by atoms with E-state index in [0.717, 1.165) is 3.57 Å². The standard InChI is InChI=1S/C15H15INO2/c1-10-8-11(2)15(12(3)9-10)16-13-6-4-5-7-14(13)17(18)19/h4-9H,1-3H3/q+1. The molecule has 0 atom stereocenters. The topological polar surface area (TPSA) is 43.1 Å². The van der Waals surface area contributed by atoms with Gasteiger partial charge in [-0.25, -0.2) is 0 Å². The molecule has 0 unspecified atom stereocenters. The van der Waals surface area contributed by atoms with Gasteiger partial charge in [0.25, 0.3) is 3.57 Å². The third-order valence-corrected chi connectivity index (χ3v) is 6.56. The number of benzene rings is 2. The zero-order valence-corrected chi connectivity index (χ0v) is 13.3. The molecule has 2 aromatic carbocycles. The summed E-state index contributed by atoms with van der Waals surface area (Å²) in [5.74, 6) is 0. The van der Waals surface area contributed by atoms with Crippen molar-refractivity contribution in [3.63, 3.8) is 0 Å². The number of rotatable bonds is 3. The average Bonchev–Trinajstić information content (AvgIpc) is 2.34. The Morgan fingerprint density at radius 3 is 2.21 bits per heavy atom. The van der Waals surface area contributed by atoms with Gasteiger partial charge in [-0.3, -0.25) is 10.1 Å². The fraction of sp³-hybridized carbons (Fsp3) is 0.200. The van der Waals surface area contributed by atoms with Gasteiger partial charge in [0, 0.05) is 17.2 Å². The number of para-hydroxylation sites is 1. The van der Waals surface area contributed by atoms with E-state index in [1.165, 1.54) is 20.3 Å². The van der Waals surface area contributed by atoms with Crippen molar-refractivity contribution in [2.24, 2.45) is 0 Å². The minimum atomic E-state index is -0.524. The maximum absolute atomic E-state index is 11.1. The maximum atomic E-state index is 11.1. The number of hydrogen-bond acceptors (Lipinski definition) is 2. The molecule has 0 aromatic heterocycles. The first-order valence-electron chi connectivity index (χ1n) is 5.95. The minimum absolute atomic E-state index is 0.245. The second-order valence-electron chi connectivity index (χ2n) is 4.52. The molecule has 0 fully saturated rings. The molecule has 0 saturated carbocycles. The van der Waals surface area contributed by atoms with Crippen LogP contribution in [0.5, 0.6) is 0 Å². The van der Waals surface area contributed by atoms with Gasteiger partial charge < -0.3 is 0 Å². The van der Waals surface area contributed by atoms with Crippen LogP contribution in [0.1, 0.15) is 16.7 Å². The van der Waals surface area contributed by atoms with Gasteiger partial charge in [-0.05, 0) is 26.8 Å². The largest absolute Gasteiger partial charge is 0.366 e. The Bertz CT molecular complexity index is 615. The van der Waals surface area contributed by atoms with Crippen LogP contribution >= 0.6 is 0 Å². The monoisotopic (exact) mass is 368 g/mol. The lowest BCUT2D eigenvalue weighted by atomic mass is 10.1. The van der Waals surface area contributed by atoms with Crippen molar-refractivity contribution in [3.8, 4) is 0 Å². The lowest BCUT2D eigenvalue weighted by Crippen LogP contribution is -3.62. The van der Waals surface area contributed by atoms with Gasteiger partial charge in [0.2, 0.25) is 0 Å². The van der Waals surface area contributed by atoms with Crippen LogP contribution in [0.2, 0.25) is 0 Å². The molecule has 0 amide bonds. The molecule has 98 valence electrons. The van der Waals surface area contributed by atoms with E-state index in [2.05, 4.69) is 32.9 Å². The molecule has 0 aliphatic rings. The smallest absolute Gasteiger partial charge is 0.258 e. The van der Waals surface area contributed by atoms with Crippen LogP contribution < -0.4 is 21.2 Å². The molecule has 0 heterocycles. The molecule has 0 bridgehead atoms. The number of aryl methyl sites for hydroxylation is 3. The van der Waals surface area contributed by atoms with E-state index >= 15 is 0 Å². The molecule has 0 spiro atoms. The number of nitrogens with zero attached hydrogens (tertiary/aromatic N) is 1. The van der Waals surface area contributed by atoms with Crippen molar-refractivity contribution in [2.45, 2.75) is 20.8 Å². The summed E-state index contributed by atoms with van der Waals surface area (Å²) in [4.78, 5) is 10.8. The van der Waals surface area contributed by atoms with Crippen LogP contribution in [0.4, 0.5) is 5.69 Å². The molecule has 0 radical (unpaired) electrons. The molecule has 0 aliphatic carbocycles. The molecular formula is C15H15INO2+. The Hall–Kier alpha value is -1.43. The van der Waals surface area contributed by atoms with Gasteiger partial charge >= 0.3 is 26.9 Å². The highest BCUT2D eigenvalue weighted by Crippen LogP contribution is 2.10. The van der Waals surface area contributed by atoms with Crippen molar-refractivity contribution in [2.75, 3.05) is 0 Å². The SMILES string of the molecule is Cc1cc(C)c([I+]c2ccccc2[N+](=O)[O-])c(C)c1. The Balaban J connectivity index is 2.45. The third-order valence-electron chi connectivity index (χ3n) is 2.83. The molecular weight excluding hydrogens is 353 g/mol. The van der Waals surface area contributed by atoms with Gasteiger partial charge in [-0.15, -0.1) is 0 Å². The van der Waals surface area contributed by atoms with E-state index in [1.807, 2.05) is 12.1 Å². The highest BCUT2D eigenvalue weighted by Gasteiger charge is 2.29. The van der Waals surface area contributed by atoms with Crippen LogP contribution in [0.25, 0.3) is 0 Å². The fourth-order valence-electron chi connectivity index (χ4n) is 2.09. The van der Waals surface area contributed by atoms with E-state index in [9.17, 15) is 10.1 Å². The Kier molecular flexibility index (Phi) is 4.19. The second kappa shape index (κ2) is 5.69. The first-order valence-corrected chi connectivity index (χ1v) is 8.11. The molecule has 0 N–H and O–H groups in total. The predicted octanol–water partition coefficient (Wildman–Crippen LogP) is 0.648. The average molecular weight is 368 g/mol. The van der Waals surface area contributed by atoms with E-state index in [1.54, 1.807) is 12.1 Å². The van der Waals surface area contributed by atoms with Crippen LogP contribution in [-0.4, -0.2) is 4.92 Å². The van der Waals surface area contributed by atoms with Gasteiger partial charge in [-0.2, -0.15) is 0 Å². The van der Waals surface area contributed by atoms with Crippen molar-refractivity contribution in [1.82, 2.24) is 0 Å². The maximum Gasteiger partial charge on any atom is 0.366 e. The zero-order valence-electron chi connectivity index (χ0n) is 11.1. The van der Waals surface area contributed by atoms with Gasteiger partial charge in [0.05, 0.1) is 4.92 Å². The first kappa shape index (κ1) is 14.0. The summed E-state index contributed by atoms with van der Waals surface area (Å²) >= 11 is -0.524. The molecule has 0 saturated heterocycles. The highest BCUT2D eigenvalue weighted by molar-refractivity contribution is 5.30. The molecule has 19 heavy (non-hydrogen) atoms. The van der Waals surface area contributed by atoms with E-state index in [4.69, 9.17) is 0 Å². The lowest BCUT2D eigenvalue weighted by Gasteiger charge is -2.01. The summed E-state index contributed by atoms with van der Waals surface area (Å²) in [5, 5.41) is 11.1. The predicted molar refractivity (Wildman–Crippen MR) is 71.1 cm³/mol. The van der Waals surface area contributed by atoms with Crippen molar-refractivity contribution >= 4 is 5.69 Å². The Morgan fingerprint density at radius 1 is 1.05 bits per heavy atom. The summed E-state index contributed by atoms with van der Waals surface area (Å²) in [6, 6.07) is 11.4. The molecule has 3 nitrogen and oxygen atoms in total. The van der Waals surface area contributed by atoms with Gasteiger partial charge in [0.1, 0.15) is 0 Å². The number of halogens is 1. The number of hydrogen-bond donors (Lipinski definition) is 0. The van der Waals surface area contributed by atoms with Crippen LogP contribution in [0, 0.1) is 38.0 Å². The summed E-state index contributed by atoms with van der Waals surface area (Å²) < 4.78 is 2.17. The molecule has 0 aliphatic heterocycles. The minimum Gasteiger partial charge on any atom is -0.258 e. The van der Waals surface area contributed by atoms with Crippen molar-refractivity contribution in [3.05, 3.63) is 70.3 Å². The molecule has 4 heteroatoms. The highest BCUT2D eigenvalue weighted by atomic mass is 127. The first-order chi connectivity index (χ1) is 8.99. The van der Waals surface area contributed by atoms with Crippen molar-refractivity contribution < 1.29 is 26.1 Å². The number of nitro groups is 1. The van der Waals surface area contributed by atoms with Crippen LogP contribution in [0.3, 0.4) is 0 Å².